The summed E-state index contributed by atoms with van der Waals surface area (Å²) in [5.41, 5.74) is -0.171. The Morgan fingerprint density at radius 3 is 2.33 bits per heavy atom. The van der Waals surface area contributed by atoms with E-state index in [2.05, 4.69) is 0 Å². The Hall–Kier alpha value is -1.45. The van der Waals surface area contributed by atoms with Crippen molar-refractivity contribution in [3.63, 3.8) is 0 Å². The molecule has 0 spiro atoms. The zero-order valence-electron chi connectivity index (χ0n) is 8.88. The van der Waals surface area contributed by atoms with Gasteiger partial charge < -0.3 is 0 Å². The summed E-state index contributed by atoms with van der Waals surface area (Å²) in [4.78, 5) is 12.0. The number of halogens is 4. The van der Waals surface area contributed by atoms with Gasteiger partial charge in [0.25, 0.3) is 0 Å². The summed E-state index contributed by atoms with van der Waals surface area (Å²) < 4.78 is 26.2. The maximum atomic E-state index is 13.5. The second kappa shape index (κ2) is 5.04. The molecule has 92 valence electrons. The van der Waals surface area contributed by atoms with Crippen LogP contribution in [0.15, 0.2) is 36.4 Å². The second-order valence-electron chi connectivity index (χ2n) is 3.58. The van der Waals surface area contributed by atoms with Crippen LogP contribution in [-0.4, -0.2) is 5.78 Å². The molecule has 0 atom stereocenters. The zero-order chi connectivity index (χ0) is 13.3. The van der Waals surface area contributed by atoms with Gasteiger partial charge in [0.15, 0.2) is 5.78 Å². The summed E-state index contributed by atoms with van der Waals surface area (Å²) in [6, 6.07) is 7.03. The molecule has 0 radical (unpaired) electrons. The van der Waals surface area contributed by atoms with E-state index in [0.29, 0.717) is 11.1 Å². The van der Waals surface area contributed by atoms with Crippen molar-refractivity contribution in [1.82, 2.24) is 0 Å². The lowest BCUT2D eigenvalue weighted by molar-refractivity contribution is 0.103. The van der Waals surface area contributed by atoms with Gasteiger partial charge in [-0.3, -0.25) is 4.79 Å². The van der Waals surface area contributed by atoms with E-state index in [0.717, 1.165) is 12.1 Å². The van der Waals surface area contributed by atoms with Crippen molar-refractivity contribution in [2.24, 2.45) is 0 Å². The van der Waals surface area contributed by atoms with Crippen LogP contribution in [0.5, 0.6) is 0 Å². The first-order valence-electron chi connectivity index (χ1n) is 4.94. The number of hydrogen-bond acceptors (Lipinski definition) is 1. The summed E-state index contributed by atoms with van der Waals surface area (Å²) in [5, 5.41) is 0.471. The summed E-state index contributed by atoms with van der Waals surface area (Å²) in [5.74, 6) is -2.32. The number of carbonyl (C=O) groups is 1. The fraction of sp³-hybridized carbons (Fsp3) is 0. The molecule has 0 saturated heterocycles. The molecule has 0 saturated carbocycles. The van der Waals surface area contributed by atoms with Crippen LogP contribution < -0.4 is 0 Å². The molecule has 1 nitrogen and oxygen atoms in total. The van der Waals surface area contributed by atoms with E-state index in [1.807, 2.05) is 0 Å². The summed E-state index contributed by atoms with van der Waals surface area (Å²) in [6.45, 7) is 0. The maximum Gasteiger partial charge on any atom is 0.197 e. The summed E-state index contributed by atoms with van der Waals surface area (Å²) in [7, 11) is 0. The molecule has 2 aromatic carbocycles. The van der Waals surface area contributed by atoms with Gasteiger partial charge >= 0.3 is 0 Å². The SMILES string of the molecule is O=C(c1ccc(F)cc1F)c1cc(Cl)ccc1Cl. The highest BCUT2D eigenvalue weighted by Crippen LogP contribution is 2.24. The molecule has 5 heteroatoms. The fourth-order valence-electron chi connectivity index (χ4n) is 1.49. The molecule has 18 heavy (non-hydrogen) atoms. The van der Waals surface area contributed by atoms with E-state index in [9.17, 15) is 13.6 Å². The molecule has 0 fully saturated rings. The fourth-order valence-corrected chi connectivity index (χ4v) is 1.87. The average molecular weight is 287 g/mol. The lowest BCUT2D eigenvalue weighted by Crippen LogP contribution is -2.05. The Balaban J connectivity index is 2.51. The van der Waals surface area contributed by atoms with E-state index in [1.54, 1.807) is 0 Å². The molecule has 0 aromatic heterocycles. The highest BCUT2D eigenvalue weighted by atomic mass is 35.5. The number of hydrogen-bond donors (Lipinski definition) is 0. The van der Waals surface area contributed by atoms with Crippen LogP contribution in [0.25, 0.3) is 0 Å². The molecule has 2 aromatic rings. The van der Waals surface area contributed by atoms with Gasteiger partial charge in [-0.15, -0.1) is 0 Å². The molecule has 0 aliphatic rings. The smallest absolute Gasteiger partial charge is 0.197 e. The van der Waals surface area contributed by atoms with E-state index >= 15 is 0 Å². The monoisotopic (exact) mass is 286 g/mol. The zero-order valence-corrected chi connectivity index (χ0v) is 10.4. The van der Waals surface area contributed by atoms with Crippen LogP contribution in [0.4, 0.5) is 8.78 Å². The molecular formula is C13H6Cl2F2O. The third-order valence-corrected chi connectivity index (χ3v) is 2.91. The van der Waals surface area contributed by atoms with Crippen LogP contribution in [0.3, 0.4) is 0 Å². The average Bonchev–Trinajstić information content (AvgIpc) is 2.31. The highest BCUT2D eigenvalue weighted by molar-refractivity contribution is 6.36. The predicted octanol–water partition coefficient (Wildman–Crippen LogP) is 4.50. The molecule has 0 heterocycles. The maximum absolute atomic E-state index is 13.5. The van der Waals surface area contributed by atoms with Gasteiger partial charge in [-0.05, 0) is 30.3 Å². The van der Waals surface area contributed by atoms with Crippen molar-refractivity contribution in [2.75, 3.05) is 0 Å². The first-order chi connectivity index (χ1) is 8.49. The van der Waals surface area contributed by atoms with Gasteiger partial charge in [0.05, 0.1) is 10.6 Å². The number of rotatable bonds is 2. The van der Waals surface area contributed by atoms with E-state index in [1.165, 1.54) is 18.2 Å². The van der Waals surface area contributed by atoms with Crippen LogP contribution in [0.1, 0.15) is 15.9 Å². The normalized spacial score (nSPS) is 10.4. The summed E-state index contributed by atoms with van der Waals surface area (Å²) >= 11 is 11.6. The van der Waals surface area contributed by atoms with Gasteiger partial charge in [0.1, 0.15) is 11.6 Å². The molecule has 0 unspecified atom stereocenters. The van der Waals surface area contributed by atoms with Gasteiger partial charge in [-0.25, -0.2) is 8.78 Å². The van der Waals surface area contributed by atoms with Crippen LogP contribution in [0, 0.1) is 11.6 Å². The van der Waals surface area contributed by atoms with E-state index in [4.69, 9.17) is 23.2 Å². The first kappa shape index (κ1) is 13.0. The highest BCUT2D eigenvalue weighted by Gasteiger charge is 2.17. The third kappa shape index (κ3) is 2.52. The van der Waals surface area contributed by atoms with Crippen LogP contribution in [-0.2, 0) is 0 Å². The Labute approximate surface area is 112 Å². The Bertz CT molecular complexity index is 626. The molecular weight excluding hydrogens is 281 g/mol. The molecule has 0 amide bonds. The van der Waals surface area contributed by atoms with E-state index < -0.39 is 17.4 Å². The predicted molar refractivity (Wildman–Crippen MR) is 66.3 cm³/mol. The third-order valence-electron chi connectivity index (χ3n) is 2.35. The van der Waals surface area contributed by atoms with Gasteiger partial charge in [0.2, 0.25) is 0 Å². The Morgan fingerprint density at radius 2 is 1.67 bits per heavy atom. The minimum absolute atomic E-state index is 0.0784. The summed E-state index contributed by atoms with van der Waals surface area (Å²) in [6.07, 6.45) is 0. The van der Waals surface area contributed by atoms with Crippen LogP contribution >= 0.6 is 23.2 Å². The molecule has 0 N–H and O–H groups in total. The lowest BCUT2D eigenvalue weighted by atomic mass is 10.0. The number of carbonyl (C=O) groups excluding carboxylic acids is 1. The molecule has 2 rings (SSSR count). The quantitative estimate of drug-likeness (QED) is 0.743. The first-order valence-corrected chi connectivity index (χ1v) is 5.69. The van der Waals surface area contributed by atoms with Crippen molar-refractivity contribution >= 4 is 29.0 Å². The minimum Gasteiger partial charge on any atom is -0.288 e. The van der Waals surface area contributed by atoms with Gasteiger partial charge in [-0.2, -0.15) is 0 Å². The van der Waals surface area contributed by atoms with Gasteiger partial charge in [-0.1, -0.05) is 23.2 Å². The topological polar surface area (TPSA) is 17.1 Å². The van der Waals surface area contributed by atoms with Crippen molar-refractivity contribution in [1.29, 1.82) is 0 Å². The second-order valence-corrected chi connectivity index (χ2v) is 4.42. The Morgan fingerprint density at radius 1 is 0.944 bits per heavy atom. The molecule has 0 bridgehead atoms. The van der Waals surface area contributed by atoms with Crippen molar-refractivity contribution in [2.45, 2.75) is 0 Å². The molecule has 0 aliphatic carbocycles. The van der Waals surface area contributed by atoms with E-state index in [-0.39, 0.29) is 16.1 Å². The Kier molecular flexibility index (Phi) is 3.64. The molecule has 0 aliphatic heterocycles. The van der Waals surface area contributed by atoms with Gasteiger partial charge in [0, 0.05) is 16.7 Å². The van der Waals surface area contributed by atoms with Crippen molar-refractivity contribution in [3.05, 3.63) is 69.2 Å². The van der Waals surface area contributed by atoms with Crippen molar-refractivity contribution < 1.29 is 13.6 Å². The minimum atomic E-state index is -0.934. The lowest BCUT2D eigenvalue weighted by Gasteiger charge is -2.05. The number of benzene rings is 2. The van der Waals surface area contributed by atoms with Crippen molar-refractivity contribution in [3.8, 4) is 0 Å². The van der Waals surface area contributed by atoms with Crippen LogP contribution in [0.2, 0.25) is 10.0 Å². The number of ketones is 1. The largest absolute Gasteiger partial charge is 0.288 e. The standard InChI is InChI=1S/C13H6Cl2F2O/c14-7-1-4-11(15)10(5-7)13(18)9-3-2-8(16)6-12(9)17/h1-6H.